The number of Topliss-reactive ketones (excluding diaryl/α,β-unsaturated/α-hetero) is 1. The molecule has 0 unspecified atom stereocenters. The number of rotatable bonds is 5. The van der Waals surface area contributed by atoms with Crippen LogP contribution >= 0.6 is 0 Å². The number of carbonyl (C=O) groups excluding carboxylic acids is 2. The Balaban J connectivity index is 2.11. The minimum Gasteiger partial charge on any atom is -0.449 e. The van der Waals surface area contributed by atoms with Gasteiger partial charge in [-0.3, -0.25) is 4.79 Å². The Morgan fingerprint density at radius 3 is 2.64 bits per heavy atom. The van der Waals surface area contributed by atoms with Gasteiger partial charge in [0.1, 0.15) is 5.78 Å². The second kappa shape index (κ2) is 7.42. The highest BCUT2D eigenvalue weighted by molar-refractivity contribution is 5.94. The van der Waals surface area contributed by atoms with Crippen LogP contribution in [0.1, 0.15) is 51.3 Å². The maximum absolute atomic E-state index is 12.6. The summed E-state index contributed by atoms with van der Waals surface area (Å²) in [5, 5.41) is 1.07. The molecule has 1 aliphatic carbocycles. The molecule has 0 radical (unpaired) electrons. The van der Waals surface area contributed by atoms with E-state index in [0.29, 0.717) is 12.5 Å². The molecular weight excluding hydrogens is 314 g/mol. The number of ketones is 1. The molecule has 4 nitrogen and oxygen atoms in total. The zero-order chi connectivity index (χ0) is 18.0. The van der Waals surface area contributed by atoms with E-state index in [9.17, 15) is 9.59 Å². The topological polar surface area (TPSA) is 48.3 Å². The monoisotopic (exact) mass is 341 g/mol. The maximum atomic E-state index is 12.6. The van der Waals surface area contributed by atoms with Crippen LogP contribution in [0.4, 0.5) is 4.79 Å². The molecule has 25 heavy (non-hydrogen) atoms. The maximum Gasteiger partial charge on any atom is 0.418 e. The fourth-order valence-electron chi connectivity index (χ4n) is 4.22. The van der Waals surface area contributed by atoms with E-state index in [1.165, 1.54) is 0 Å². The largest absolute Gasteiger partial charge is 0.449 e. The molecule has 0 aliphatic heterocycles. The quantitative estimate of drug-likeness (QED) is 0.788. The van der Waals surface area contributed by atoms with Gasteiger partial charge in [-0.05, 0) is 50.7 Å². The van der Waals surface area contributed by atoms with E-state index in [0.717, 1.165) is 54.3 Å². The SMILES string of the molecule is CCCC[C@@H]1Cc2c(c3ccccc3n2C(=O)OCC)C[C@H]1C(C)=O. The molecular formula is C21H27NO3. The van der Waals surface area contributed by atoms with Gasteiger partial charge < -0.3 is 4.74 Å². The van der Waals surface area contributed by atoms with Gasteiger partial charge in [0, 0.05) is 17.0 Å². The predicted molar refractivity (Wildman–Crippen MR) is 99.0 cm³/mol. The lowest BCUT2D eigenvalue weighted by molar-refractivity contribution is -0.122. The Kier molecular flexibility index (Phi) is 5.26. The molecule has 0 bridgehead atoms. The van der Waals surface area contributed by atoms with Gasteiger partial charge in [-0.25, -0.2) is 9.36 Å². The third kappa shape index (κ3) is 3.22. The molecule has 0 saturated carbocycles. The van der Waals surface area contributed by atoms with Gasteiger partial charge in [-0.2, -0.15) is 0 Å². The van der Waals surface area contributed by atoms with E-state index < -0.39 is 0 Å². The molecule has 0 amide bonds. The molecule has 134 valence electrons. The number of hydrogen-bond acceptors (Lipinski definition) is 3. The lowest BCUT2D eigenvalue weighted by Crippen LogP contribution is -2.32. The molecule has 1 aliphatic rings. The number of fused-ring (bicyclic) bond motifs is 3. The Hall–Kier alpha value is -2.10. The summed E-state index contributed by atoms with van der Waals surface area (Å²) in [5.74, 6) is 0.627. The first-order chi connectivity index (χ1) is 12.1. The number of ether oxygens (including phenoxy) is 1. The highest BCUT2D eigenvalue weighted by Crippen LogP contribution is 2.39. The summed E-state index contributed by atoms with van der Waals surface area (Å²) in [5.41, 5.74) is 3.08. The summed E-state index contributed by atoms with van der Waals surface area (Å²) in [4.78, 5) is 24.9. The van der Waals surface area contributed by atoms with Crippen molar-refractivity contribution in [3.63, 3.8) is 0 Å². The van der Waals surface area contributed by atoms with Crippen molar-refractivity contribution in [1.29, 1.82) is 0 Å². The Labute approximate surface area is 149 Å². The number of para-hydroxylation sites is 1. The number of carbonyl (C=O) groups is 2. The summed E-state index contributed by atoms with van der Waals surface area (Å²) < 4.78 is 7.05. The minimum atomic E-state index is -0.310. The van der Waals surface area contributed by atoms with Crippen molar-refractivity contribution in [2.45, 2.75) is 52.9 Å². The van der Waals surface area contributed by atoms with Crippen LogP contribution in [0.5, 0.6) is 0 Å². The molecule has 2 atom stereocenters. The summed E-state index contributed by atoms with van der Waals surface area (Å²) in [7, 11) is 0. The van der Waals surface area contributed by atoms with E-state index in [4.69, 9.17) is 4.74 Å². The van der Waals surface area contributed by atoms with Crippen molar-refractivity contribution in [3.05, 3.63) is 35.5 Å². The van der Waals surface area contributed by atoms with Gasteiger partial charge in [-0.15, -0.1) is 0 Å². The Bertz CT molecular complexity index is 790. The van der Waals surface area contributed by atoms with Gasteiger partial charge in [0.2, 0.25) is 0 Å². The first-order valence-corrected chi connectivity index (χ1v) is 9.37. The van der Waals surface area contributed by atoms with Crippen molar-refractivity contribution in [2.24, 2.45) is 11.8 Å². The van der Waals surface area contributed by atoms with Crippen LogP contribution in [-0.2, 0) is 22.4 Å². The van der Waals surface area contributed by atoms with Crippen LogP contribution in [-0.4, -0.2) is 23.1 Å². The van der Waals surface area contributed by atoms with E-state index in [2.05, 4.69) is 6.92 Å². The van der Waals surface area contributed by atoms with Gasteiger partial charge >= 0.3 is 6.09 Å². The fourth-order valence-corrected chi connectivity index (χ4v) is 4.22. The molecule has 0 fully saturated rings. The highest BCUT2D eigenvalue weighted by atomic mass is 16.5. The molecule has 0 spiro atoms. The zero-order valence-corrected chi connectivity index (χ0v) is 15.4. The lowest BCUT2D eigenvalue weighted by Gasteiger charge is -2.31. The number of hydrogen-bond donors (Lipinski definition) is 0. The van der Waals surface area contributed by atoms with Gasteiger partial charge in [0.05, 0.1) is 12.1 Å². The molecule has 1 aromatic carbocycles. The average molecular weight is 341 g/mol. The minimum absolute atomic E-state index is 0.0560. The van der Waals surface area contributed by atoms with Crippen LogP contribution in [0.25, 0.3) is 10.9 Å². The molecule has 0 saturated heterocycles. The summed E-state index contributed by atoms with van der Waals surface area (Å²) in [6.07, 6.45) is 4.46. The van der Waals surface area contributed by atoms with Crippen molar-refractivity contribution < 1.29 is 14.3 Å². The molecule has 2 aromatic rings. The number of aromatic nitrogens is 1. The van der Waals surface area contributed by atoms with Crippen molar-refractivity contribution in [2.75, 3.05) is 6.61 Å². The van der Waals surface area contributed by atoms with Crippen LogP contribution in [0.2, 0.25) is 0 Å². The van der Waals surface area contributed by atoms with Crippen LogP contribution < -0.4 is 0 Å². The second-order valence-electron chi connectivity index (χ2n) is 7.00. The number of benzene rings is 1. The third-order valence-corrected chi connectivity index (χ3v) is 5.44. The smallest absolute Gasteiger partial charge is 0.418 e. The summed E-state index contributed by atoms with van der Waals surface area (Å²) in [6.45, 7) is 6.06. The highest BCUT2D eigenvalue weighted by Gasteiger charge is 2.35. The molecule has 1 aromatic heterocycles. The standard InChI is InChI=1S/C21H27NO3/c1-4-6-9-15-12-20-18(13-17(15)14(3)23)16-10-7-8-11-19(16)22(20)21(24)25-5-2/h7-8,10-11,15,17H,4-6,9,12-13H2,1-3H3/t15-,17+/m1/s1. The normalized spacial score (nSPS) is 19.6. The Morgan fingerprint density at radius 2 is 1.96 bits per heavy atom. The summed E-state index contributed by atoms with van der Waals surface area (Å²) >= 11 is 0. The predicted octanol–water partition coefficient (Wildman–Crippen LogP) is 4.76. The van der Waals surface area contributed by atoms with Crippen LogP contribution in [0.15, 0.2) is 24.3 Å². The van der Waals surface area contributed by atoms with E-state index in [1.54, 1.807) is 11.5 Å². The van der Waals surface area contributed by atoms with Crippen LogP contribution in [0, 0.1) is 11.8 Å². The van der Waals surface area contributed by atoms with Gasteiger partial charge in [-0.1, -0.05) is 38.0 Å². The first-order valence-electron chi connectivity index (χ1n) is 9.37. The van der Waals surface area contributed by atoms with Crippen molar-refractivity contribution in [1.82, 2.24) is 4.57 Å². The average Bonchev–Trinajstić information content (AvgIpc) is 2.92. The van der Waals surface area contributed by atoms with Gasteiger partial charge in [0.25, 0.3) is 0 Å². The van der Waals surface area contributed by atoms with E-state index >= 15 is 0 Å². The first kappa shape index (κ1) is 17.7. The van der Waals surface area contributed by atoms with E-state index in [1.807, 2.05) is 31.2 Å². The number of nitrogens with zero attached hydrogens (tertiary/aromatic N) is 1. The third-order valence-electron chi connectivity index (χ3n) is 5.44. The fraction of sp³-hybridized carbons (Fsp3) is 0.524. The number of unbranched alkanes of at least 4 members (excludes halogenated alkanes) is 1. The molecule has 3 rings (SSSR count). The summed E-state index contributed by atoms with van der Waals surface area (Å²) in [6, 6.07) is 7.95. The van der Waals surface area contributed by atoms with Crippen molar-refractivity contribution in [3.8, 4) is 0 Å². The van der Waals surface area contributed by atoms with E-state index in [-0.39, 0.29) is 17.8 Å². The molecule has 4 heteroatoms. The second-order valence-corrected chi connectivity index (χ2v) is 7.00. The van der Waals surface area contributed by atoms with Crippen LogP contribution in [0.3, 0.4) is 0 Å². The Morgan fingerprint density at radius 1 is 1.20 bits per heavy atom. The lowest BCUT2D eigenvalue weighted by atomic mass is 9.74. The zero-order valence-electron chi connectivity index (χ0n) is 15.4. The van der Waals surface area contributed by atoms with Crippen molar-refractivity contribution >= 4 is 22.8 Å². The molecule has 0 N–H and O–H groups in total. The van der Waals surface area contributed by atoms with Gasteiger partial charge in [0.15, 0.2) is 0 Å². The molecule has 1 heterocycles.